The van der Waals surface area contributed by atoms with Crippen LogP contribution < -0.4 is 4.31 Å². The van der Waals surface area contributed by atoms with Gasteiger partial charge in [-0.3, -0.25) is 13.9 Å². The van der Waals surface area contributed by atoms with Crippen molar-refractivity contribution in [2.45, 2.75) is 20.8 Å². The van der Waals surface area contributed by atoms with E-state index in [-0.39, 0.29) is 18.2 Å². The van der Waals surface area contributed by atoms with E-state index in [1.807, 2.05) is 13.8 Å². The number of carbonyl (C=O) groups is 2. The van der Waals surface area contributed by atoms with E-state index in [4.69, 9.17) is 0 Å². The molecule has 0 spiro atoms. The van der Waals surface area contributed by atoms with E-state index < -0.39 is 10.0 Å². The molecule has 1 aromatic carbocycles. The molecule has 22 heavy (non-hydrogen) atoms. The van der Waals surface area contributed by atoms with Crippen LogP contribution in [0.1, 0.15) is 31.1 Å². The normalized spacial score (nSPS) is 11.1. The fourth-order valence-electron chi connectivity index (χ4n) is 2.08. The second kappa shape index (κ2) is 7.40. The predicted octanol–water partition coefficient (Wildman–Crippen LogP) is 1.52. The first-order chi connectivity index (χ1) is 10.2. The quantitative estimate of drug-likeness (QED) is 0.712. The predicted molar refractivity (Wildman–Crippen MR) is 86.6 cm³/mol. The SMILES string of the molecule is CCN(CC)C(=O)CN(c1cccc(C(C)=O)c1)S(C)(=O)=O. The number of benzene rings is 1. The lowest BCUT2D eigenvalue weighted by Crippen LogP contribution is -2.42. The Kier molecular flexibility index (Phi) is 6.11. The summed E-state index contributed by atoms with van der Waals surface area (Å²) in [5.41, 5.74) is 0.720. The molecular formula is C15H22N2O4S. The lowest BCUT2D eigenvalue weighted by Gasteiger charge is -2.26. The topological polar surface area (TPSA) is 74.8 Å². The molecule has 0 aliphatic rings. The van der Waals surface area contributed by atoms with E-state index in [9.17, 15) is 18.0 Å². The van der Waals surface area contributed by atoms with Crippen LogP contribution in [0.4, 0.5) is 5.69 Å². The summed E-state index contributed by atoms with van der Waals surface area (Å²) in [6.07, 6.45) is 1.04. The van der Waals surface area contributed by atoms with Crippen molar-refractivity contribution in [1.29, 1.82) is 0 Å². The molecule has 0 N–H and O–H groups in total. The van der Waals surface area contributed by atoms with Crippen LogP contribution in [0.2, 0.25) is 0 Å². The summed E-state index contributed by atoms with van der Waals surface area (Å²) in [6, 6.07) is 6.27. The van der Waals surface area contributed by atoms with Crippen LogP contribution in [0.5, 0.6) is 0 Å². The lowest BCUT2D eigenvalue weighted by molar-refractivity contribution is -0.129. The van der Waals surface area contributed by atoms with E-state index in [0.717, 1.165) is 10.6 Å². The molecule has 0 saturated heterocycles. The fourth-order valence-corrected chi connectivity index (χ4v) is 2.92. The van der Waals surface area contributed by atoms with Gasteiger partial charge in [0, 0.05) is 18.7 Å². The highest BCUT2D eigenvalue weighted by Gasteiger charge is 2.23. The molecule has 6 nitrogen and oxygen atoms in total. The monoisotopic (exact) mass is 326 g/mol. The van der Waals surface area contributed by atoms with Crippen LogP contribution in [0.3, 0.4) is 0 Å². The third-order valence-electron chi connectivity index (χ3n) is 3.34. The molecule has 122 valence electrons. The Morgan fingerprint density at radius 2 is 1.73 bits per heavy atom. The molecule has 1 rings (SSSR count). The standard InChI is InChI=1S/C15H22N2O4S/c1-5-16(6-2)15(19)11-17(22(4,20)21)14-9-7-8-13(10-14)12(3)18/h7-10H,5-6,11H2,1-4H3. The molecule has 0 unspecified atom stereocenters. The third-order valence-corrected chi connectivity index (χ3v) is 4.48. The van der Waals surface area contributed by atoms with Gasteiger partial charge in [0.15, 0.2) is 5.78 Å². The van der Waals surface area contributed by atoms with Crippen molar-refractivity contribution >= 4 is 27.4 Å². The highest BCUT2D eigenvalue weighted by molar-refractivity contribution is 7.92. The maximum absolute atomic E-state index is 12.2. The Morgan fingerprint density at radius 3 is 2.18 bits per heavy atom. The molecule has 0 fully saturated rings. The van der Waals surface area contributed by atoms with Crippen LogP contribution in [-0.4, -0.2) is 50.9 Å². The number of nitrogens with zero attached hydrogens (tertiary/aromatic N) is 2. The second-order valence-corrected chi connectivity index (χ2v) is 6.85. The third kappa shape index (κ3) is 4.56. The summed E-state index contributed by atoms with van der Waals surface area (Å²) in [4.78, 5) is 25.2. The van der Waals surface area contributed by atoms with Gasteiger partial charge >= 0.3 is 0 Å². The van der Waals surface area contributed by atoms with E-state index in [2.05, 4.69) is 0 Å². The van der Waals surface area contributed by atoms with Crippen molar-refractivity contribution in [3.63, 3.8) is 0 Å². The van der Waals surface area contributed by atoms with E-state index in [1.165, 1.54) is 13.0 Å². The molecule has 0 saturated carbocycles. The zero-order chi connectivity index (χ0) is 16.9. The van der Waals surface area contributed by atoms with Gasteiger partial charge in [0.2, 0.25) is 15.9 Å². The van der Waals surface area contributed by atoms with Crippen molar-refractivity contribution in [3.05, 3.63) is 29.8 Å². The van der Waals surface area contributed by atoms with Crippen molar-refractivity contribution in [2.75, 3.05) is 30.2 Å². The number of anilines is 1. The van der Waals surface area contributed by atoms with Gasteiger partial charge < -0.3 is 4.90 Å². The van der Waals surface area contributed by atoms with Gasteiger partial charge in [0.1, 0.15) is 6.54 Å². The molecule has 0 atom stereocenters. The van der Waals surface area contributed by atoms with Gasteiger partial charge in [-0.1, -0.05) is 12.1 Å². The number of Topliss-reactive ketones (excluding diaryl/α,β-unsaturated/α-hetero) is 1. The summed E-state index contributed by atoms with van der Waals surface area (Å²) in [5, 5.41) is 0. The largest absolute Gasteiger partial charge is 0.342 e. The number of sulfonamides is 1. The highest BCUT2D eigenvalue weighted by Crippen LogP contribution is 2.19. The first-order valence-corrected chi connectivity index (χ1v) is 8.92. The average molecular weight is 326 g/mol. The van der Waals surface area contributed by atoms with Crippen molar-refractivity contribution in [1.82, 2.24) is 4.90 Å². The Morgan fingerprint density at radius 1 is 1.14 bits per heavy atom. The highest BCUT2D eigenvalue weighted by atomic mass is 32.2. The van der Waals surface area contributed by atoms with E-state index in [0.29, 0.717) is 24.3 Å². The maximum Gasteiger partial charge on any atom is 0.243 e. The molecule has 0 bridgehead atoms. The minimum Gasteiger partial charge on any atom is -0.342 e. The number of hydrogen-bond donors (Lipinski definition) is 0. The second-order valence-electron chi connectivity index (χ2n) is 4.94. The zero-order valence-electron chi connectivity index (χ0n) is 13.4. The molecule has 1 amide bonds. The molecule has 0 heterocycles. The molecule has 0 aliphatic heterocycles. The molecule has 7 heteroatoms. The first-order valence-electron chi connectivity index (χ1n) is 7.07. The zero-order valence-corrected chi connectivity index (χ0v) is 14.2. The van der Waals surface area contributed by atoms with Crippen molar-refractivity contribution in [2.24, 2.45) is 0 Å². The first kappa shape index (κ1) is 18.2. The maximum atomic E-state index is 12.2. The number of hydrogen-bond acceptors (Lipinski definition) is 4. The van der Waals surface area contributed by atoms with Crippen LogP contribution in [0.15, 0.2) is 24.3 Å². The Balaban J connectivity index is 3.18. The molecule has 0 radical (unpaired) electrons. The number of rotatable bonds is 7. The summed E-state index contributed by atoms with van der Waals surface area (Å²) >= 11 is 0. The minimum atomic E-state index is -3.63. The lowest BCUT2D eigenvalue weighted by atomic mass is 10.1. The Bertz CT molecular complexity index is 651. The van der Waals surface area contributed by atoms with Gasteiger partial charge in [-0.15, -0.1) is 0 Å². The Labute approximate surface area is 131 Å². The summed E-state index contributed by atoms with van der Waals surface area (Å²) < 4.78 is 25.1. The van der Waals surface area contributed by atoms with Gasteiger partial charge in [0.25, 0.3) is 0 Å². The van der Waals surface area contributed by atoms with E-state index >= 15 is 0 Å². The number of ketones is 1. The molecule has 0 aromatic heterocycles. The van der Waals surface area contributed by atoms with Gasteiger partial charge in [-0.25, -0.2) is 8.42 Å². The molecule has 1 aromatic rings. The fraction of sp³-hybridized carbons (Fsp3) is 0.467. The van der Waals surface area contributed by atoms with Gasteiger partial charge in [0.05, 0.1) is 11.9 Å². The van der Waals surface area contributed by atoms with Crippen LogP contribution >= 0.6 is 0 Å². The van der Waals surface area contributed by atoms with Crippen molar-refractivity contribution < 1.29 is 18.0 Å². The Hall–Kier alpha value is -1.89. The number of amides is 1. The van der Waals surface area contributed by atoms with Crippen LogP contribution in [-0.2, 0) is 14.8 Å². The number of likely N-dealkylation sites (N-methyl/N-ethyl adjacent to an activating group) is 1. The molecular weight excluding hydrogens is 304 g/mol. The smallest absolute Gasteiger partial charge is 0.243 e. The van der Waals surface area contributed by atoms with E-state index in [1.54, 1.807) is 23.1 Å². The van der Waals surface area contributed by atoms with Crippen LogP contribution in [0.25, 0.3) is 0 Å². The summed E-state index contributed by atoms with van der Waals surface area (Å²) in [6.45, 7) is 5.83. The molecule has 0 aliphatic carbocycles. The van der Waals surface area contributed by atoms with Gasteiger partial charge in [-0.2, -0.15) is 0 Å². The number of carbonyl (C=O) groups excluding carboxylic acids is 2. The summed E-state index contributed by atoms with van der Waals surface area (Å²) in [5.74, 6) is -0.436. The average Bonchev–Trinajstić information content (AvgIpc) is 2.45. The summed E-state index contributed by atoms with van der Waals surface area (Å²) in [7, 11) is -3.63. The van der Waals surface area contributed by atoms with Crippen LogP contribution in [0, 0.1) is 0 Å². The minimum absolute atomic E-state index is 0.162. The van der Waals surface area contributed by atoms with Crippen molar-refractivity contribution in [3.8, 4) is 0 Å². The van der Waals surface area contributed by atoms with Gasteiger partial charge in [-0.05, 0) is 32.9 Å².